The van der Waals surface area contributed by atoms with Crippen LogP contribution in [-0.4, -0.2) is 23.0 Å². The van der Waals surface area contributed by atoms with Crippen molar-refractivity contribution in [1.29, 1.82) is 5.41 Å². The minimum Gasteiger partial charge on any atom is -0.399 e. The molecule has 1 saturated carbocycles. The molecule has 2 aliphatic rings. The molecule has 1 aliphatic carbocycles. The number of benzene rings is 3. The molecule has 1 unspecified atom stereocenters. The molecular weight excluding hydrogens is 598 g/mol. The van der Waals surface area contributed by atoms with Crippen LogP contribution in [0.15, 0.2) is 96.4 Å². The van der Waals surface area contributed by atoms with Crippen molar-refractivity contribution in [3.63, 3.8) is 0 Å². The van der Waals surface area contributed by atoms with E-state index in [2.05, 4.69) is 82.3 Å². The first-order valence-electron chi connectivity index (χ1n) is 16.9. The number of piperidine rings is 1. The topological polar surface area (TPSA) is 53.1 Å². The van der Waals surface area contributed by atoms with E-state index in [0.29, 0.717) is 17.4 Å². The van der Waals surface area contributed by atoms with E-state index in [4.69, 9.17) is 11.1 Å². The molecular formula is C42H54FN3S. The molecule has 0 amide bonds. The Hall–Kier alpha value is -3.57. The fraction of sp³-hybridized carbons (Fsp3) is 0.405. The van der Waals surface area contributed by atoms with E-state index in [1.54, 1.807) is 25.6 Å². The number of thioether (sulfide) groups is 1. The van der Waals surface area contributed by atoms with Gasteiger partial charge in [0.15, 0.2) is 0 Å². The van der Waals surface area contributed by atoms with Gasteiger partial charge in [-0.2, -0.15) is 0 Å². The molecule has 0 spiro atoms. The van der Waals surface area contributed by atoms with Gasteiger partial charge in [0, 0.05) is 36.0 Å². The summed E-state index contributed by atoms with van der Waals surface area (Å²) in [6, 6.07) is 22.4. The third-order valence-electron chi connectivity index (χ3n) is 9.62. The number of rotatable bonds is 7. The maximum Gasteiger partial charge on any atom is 0.130 e. The maximum absolute atomic E-state index is 14.3. The van der Waals surface area contributed by atoms with E-state index in [-0.39, 0.29) is 5.41 Å². The normalized spacial score (nSPS) is 18.0. The summed E-state index contributed by atoms with van der Waals surface area (Å²) in [5.74, 6) is 0.898. The number of anilines is 1. The van der Waals surface area contributed by atoms with Crippen LogP contribution in [0.3, 0.4) is 0 Å². The third-order valence-corrected chi connectivity index (χ3v) is 10.6. The molecule has 3 nitrogen and oxygen atoms in total. The minimum atomic E-state index is -1.35. The van der Waals surface area contributed by atoms with Crippen molar-refractivity contribution in [2.45, 2.75) is 85.2 Å². The number of nitrogen functional groups attached to an aromatic ring is 1. The Morgan fingerprint density at radius 2 is 1.62 bits per heavy atom. The second kappa shape index (κ2) is 15.1. The molecule has 5 heteroatoms. The molecule has 3 aromatic rings. The van der Waals surface area contributed by atoms with Crippen LogP contribution in [0.4, 0.5) is 10.1 Å². The van der Waals surface area contributed by atoms with Gasteiger partial charge < -0.3 is 10.6 Å². The molecule has 0 aromatic heterocycles. The number of nitrogens with two attached hydrogens (primary N) is 1. The molecule has 0 radical (unpaired) electrons. The van der Waals surface area contributed by atoms with Gasteiger partial charge in [-0.1, -0.05) is 120 Å². The van der Waals surface area contributed by atoms with E-state index in [9.17, 15) is 4.39 Å². The number of nitrogens with one attached hydrogen (secondary N) is 1. The van der Waals surface area contributed by atoms with Gasteiger partial charge >= 0.3 is 0 Å². The van der Waals surface area contributed by atoms with E-state index in [0.717, 1.165) is 71.9 Å². The molecule has 1 heterocycles. The number of alkyl halides is 1. The van der Waals surface area contributed by atoms with Gasteiger partial charge in [-0.05, 0) is 101 Å². The highest BCUT2D eigenvalue weighted by atomic mass is 32.2. The van der Waals surface area contributed by atoms with Crippen LogP contribution in [0.2, 0.25) is 0 Å². The van der Waals surface area contributed by atoms with Crippen LogP contribution in [-0.2, 0) is 17.5 Å². The molecule has 0 bridgehead atoms. The highest BCUT2D eigenvalue weighted by Gasteiger charge is 2.27. The fourth-order valence-electron chi connectivity index (χ4n) is 6.12. The molecule has 250 valence electrons. The fourth-order valence-corrected chi connectivity index (χ4v) is 7.06. The second-order valence-electron chi connectivity index (χ2n) is 14.6. The average Bonchev–Trinajstić information content (AvgIpc) is 3.05. The van der Waals surface area contributed by atoms with E-state index < -0.39 is 5.67 Å². The van der Waals surface area contributed by atoms with Crippen molar-refractivity contribution in [2.75, 3.05) is 18.8 Å². The zero-order chi connectivity index (χ0) is 34.5. The van der Waals surface area contributed by atoms with Crippen LogP contribution in [0, 0.1) is 17.2 Å². The van der Waals surface area contributed by atoms with Crippen molar-refractivity contribution < 1.29 is 4.39 Å². The monoisotopic (exact) mass is 651 g/mol. The zero-order valence-corrected chi connectivity index (χ0v) is 30.4. The standard InChI is InChI=1S/C30H35FN2S.C12H19N/c1-20-18-25(21(20)2)19-34-29(32)24-14-16-33(17-15-24)22(3)27-8-6-7-9-28(27)23-10-12-26(13-11-23)30(4,5)31;1-5-9-8-10(12(2,3)4)6-7-11(9)13/h6-13,19-20,24,32H,2-3,14-18H2,1,4-5H3;6-8H,5,13H2,1-4H3. The van der Waals surface area contributed by atoms with Gasteiger partial charge in [0.05, 0.1) is 5.04 Å². The first-order valence-corrected chi connectivity index (χ1v) is 17.8. The largest absolute Gasteiger partial charge is 0.399 e. The summed E-state index contributed by atoms with van der Waals surface area (Å²) in [6.07, 6.45) is 4.03. The SMILES string of the molecule is C=C1C(=CSC(=N)C2CCN(C(=C)c3ccccc3-c3ccc(C(C)(C)F)cc3)CC2)CC1C.CCc1cc(C(C)(C)C)ccc1N. The van der Waals surface area contributed by atoms with E-state index in [1.807, 2.05) is 42.5 Å². The average molecular weight is 652 g/mol. The summed E-state index contributed by atoms with van der Waals surface area (Å²) in [5, 5.41) is 11.5. The Bertz CT molecular complexity index is 1610. The Balaban J connectivity index is 0.000000323. The van der Waals surface area contributed by atoms with Crippen molar-refractivity contribution in [1.82, 2.24) is 4.90 Å². The number of likely N-dealkylation sites (tertiary alicyclic amines) is 1. The van der Waals surface area contributed by atoms with E-state index in [1.165, 1.54) is 22.3 Å². The Labute approximate surface area is 287 Å². The summed E-state index contributed by atoms with van der Waals surface area (Å²) in [4.78, 5) is 2.35. The predicted octanol–water partition coefficient (Wildman–Crippen LogP) is 11.6. The van der Waals surface area contributed by atoms with Gasteiger partial charge in [0.25, 0.3) is 0 Å². The van der Waals surface area contributed by atoms with Gasteiger partial charge in [0.1, 0.15) is 5.67 Å². The van der Waals surface area contributed by atoms with Crippen LogP contribution >= 0.6 is 11.8 Å². The van der Waals surface area contributed by atoms with Gasteiger partial charge in [-0.3, -0.25) is 5.41 Å². The molecule has 5 rings (SSSR count). The Morgan fingerprint density at radius 1 is 1.00 bits per heavy atom. The first kappa shape index (κ1) is 36.3. The van der Waals surface area contributed by atoms with E-state index >= 15 is 0 Å². The van der Waals surface area contributed by atoms with Crippen LogP contribution < -0.4 is 5.73 Å². The number of nitrogens with zero attached hydrogens (tertiary/aromatic N) is 1. The Kier molecular flexibility index (Phi) is 11.7. The second-order valence-corrected chi connectivity index (χ2v) is 15.5. The number of hydrogen-bond donors (Lipinski definition) is 2. The minimum absolute atomic E-state index is 0.220. The lowest BCUT2D eigenvalue weighted by Gasteiger charge is -2.35. The van der Waals surface area contributed by atoms with Crippen molar-refractivity contribution in [3.8, 4) is 11.1 Å². The summed E-state index contributed by atoms with van der Waals surface area (Å²) in [6.45, 7) is 24.5. The maximum atomic E-state index is 14.3. The summed E-state index contributed by atoms with van der Waals surface area (Å²) < 4.78 is 14.3. The lowest BCUT2D eigenvalue weighted by atomic mass is 9.78. The summed E-state index contributed by atoms with van der Waals surface area (Å²) in [5.41, 5.74) is 15.8. The number of halogens is 1. The first-order chi connectivity index (χ1) is 22.1. The molecule has 1 aliphatic heterocycles. The van der Waals surface area contributed by atoms with Crippen molar-refractivity contribution in [2.24, 2.45) is 11.8 Å². The van der Waals surface area contributed by atoms with Crippen LogP contribution in [0.1, 0.15) is 90.0 Å². The quantitative estimate of drug-likeness (QED) is 0.152. The van der Waals surface area contributed by atoms with Crippen LogP contribution in [0.25, 0.3) is 16.8 Å². The molecule has 3 aromatic carbocycles. The molecule has 1 saturated heterocycles. The van der Waals surface area contributed by atoms with Crippen molar-refractivity contribution >= 4 is 28.2 Å². The zero-order valence-electron chi connectivity index (χ0n) is 29.6. The molecule has 2 fully saturated rings. The molecule has 3 N–H and O–H groups in total. The lowest BCUT2D eigenvalue weighted by Crippen LogP contribution is -2.34. The number of aryl methyl sites for hydroxylation is 1. The highest BCUT2D eigenvalue weighted by molar-refractivity contribution is 8.16. The highest BCUT2D eigenvalue weighted by Crippen LogP contribution is 2.40. The van der Waals surface area contributed by atoms with Gasteiger partial charge in [-0.25, -0.2) is 4.39 Å². The predicted molar refractivity (Wildman–Crippen MR) is 205 cm³/mol. The van der Waals surface area contributed by atoms with Crippen molar-refractivity contribution in [3.05, 3.63) is 119 Å². The summed E-state index contributed by atoms with van der Waals surface area (Å²) >= 11 is 1.57. The number of allylic oxidation sites excluding steroid dienone is 2. The number of hydrogen-bond acceptors (Lipinski definition) is 4. The third kappa shape index (κ3) is 9.07. The van der Waals surface area contributed by atoms with Crippen LogP contribution in [0.5, 0.6) is 0 Å². The lowest BCUT2D eigenvalue weighted by molar-refractivity contribution is 0.221. The van der Waals surface area contributed by atoms with Gasteiger partial charge in [-0.15, -0.1) is 0 Å². The van der Waals surface area contributed by atoms with Gasteiger partial charge in [0.2, 0.25) is 0 Å². The Morgan fingerprint density at radius 3 is 2.17 bits per heavy atom. The summed E-state index contributed by atoms with van der Waals surface area (Å²) in [7, 11) is 0. The molecule has 1 atom stereocenters. The smallest absolute Gasteiger partial charge is 0.130 e. The molecule has 47 heavy (non-hydrogen) atoms.